The van der Waals surface area contributed by atoms with Crippen LogP contribution in [-0.4, -0.2) is 47.1 Å². The average molecular weight is 331 g/mol. The minimum absolute atomic E-state index is 0.00437. The van der Waals surface area contributed by atoms with Gasteiger partial charge in [0.25, 0.3) is 11.5 Å². The zero-order valence-electron chi connectivity index (χ0n) is 12.6. The minimum atomic E-state index is -0.244. The first-order chi connectivity index (χ1) is 11.1. The number of amides is 1. The molecule has 6 nitrogen and oxygen atoms in total. The quantitative estimate of drug-likeness (QED) is 0.782. The Morgan fingerprint density at radius 1 is 1.30 bits per heavy atom. The summed E-state index contributed by atoms with van der Waals surface area (Å²) in [5.41, 5.74) is 1.06. The molecule has 23 heavy (non-hydrogen) atoms. The van der Waals surface area contributed by atoms with Crippen LogP contribution in [0.15, 0.2) is 23.0 Å². The molecule has 2 saturated heterocycles. The van der Waals surface area contributed by atoms with E-state index in [2.05, 4.69) is 9.97 Å². The second-order valence-corrected chi connectivity index (χ2v) is 6.86. The largest absolute Gasteiger partial charge is 0.381 e. The van der Waals surface area contributed by atoms with Gasteiger partial charge in [-0.05, 0) is 43.3 Å². The number of ether oxygens (including phenoxy) is 1. The maximum absolute atomic E-state index is 12.8. The fraction of sp³-hybridized carbons (Fsp3) is 0.438. The van der Waals surface area contributed by atoms with Gasteiger partial charge in [-0.25, -0.2) is 0 Å². The molecule has 0 bridgehead atoms. The van der Waals surface area contributed by atoms with Crippen molar-refractivity contribution in [3.63, 3.8) is 0 Å². The lowest BCUT2D eigenvalue weighted by atomic mass is 9.87. The molecule has 3 heterocycles. The van der Waals surface area contributed by atoms with Gasteiger partial charge in [-0.3, -0.25) is 14.6 Å². The van der Waals surface area contributed by atoms with Gasteiger partial charge in [0.1, 0.15) is 0 Å². The summed E-state index contributed by atoms with van der Waals surface area (Å²) in [7, 11) is 0. The topological polar surface area (TPSA) is 78.2 Å². The van der Waals surface area contributed by atoms with E-state index in [0.29, 0.717) is 16.5 Å². The van der Waals surface area contributed by atoms with Gasteiger partial charge in [-0.15, -0.1) is 0 Å². The van der Waals surface area contributed by atoms with Crippen LogP contribution in [0.1, 0.15) is 23.2 Å². The number of aromatic nitrogens is 2. The standard InChI is InChI=1S/C16H17N3O3S/c20-13-11-2-1-10(7-12(11)17-15(23)18-13)14(21)19-5-3-16(8-19)4-6-22-9-16/h1-2,7H,3-6,8-9H2,(H2,17,18,20,23). The Balaban J connectivity index is 1.65. The van der Waals surface area contributed by atoms with E-state index in [1.54, 1.807) is 18.2 Å². The summed E-state index contributed by atoms with van der Waals surface area (Å²) >= 11 is 4.99. The average Bonchev–Trinajstić information content (AvgIpc) is 3.16. The van der Waals surface area contributed by atoms with Crippen LogP contribution in [0, 0.1) is 10.2 Å². The molecule has 2 aliphatic heterocycles. The van der Waals surface area contributed by atoms with Crippen molar-refractivity contribution in [3.8, 4) is 0 Å². The summed E-state index contributed by atoms with van der Waals surface area (Å²) in [4.78, 5) is 32.0. The summed E-state index contributed by atoms with van der Waals surface area (Å²) in [5.74, 6) is -0.00437. The Bertz CT molecular complexity index is 895. The fourth-order valence-electron chi connectivity index (χ4n) is 3.57. The number of hydrogen-bond acceptors (Lipinski definition) is 4. The first kappa shape index (κ1) is 14.6. The Morgan fingerprint density at radius 3 is 2.96 bits per heavy atom. The summed E-state index contributed by atoms with van der Waals surface area (Å²) in [6, 6.07) is 5.07. The zero-order chi connectivity index (χ0) is 16.0. The smallest absolute Gasteiger partial charge is 0.259 e. The number of carbonyl (C=O) groups is 1. The van der Waals surface area contributed by atoms with E-state index in [1.807, 2.05) is 4.90 Å². The SMILES string of the molecule is O=C(c1ccc2c(=O)[nH]c(=S)[nH]c2c1)N1CCC2(CCOC2)C1. The van der Waals surface area contributed by atoms with Crippen LogP contribution in [-0.2, 0) is 4.74 Å². The predicted molar refractivity (Wildman–Crippen MR) is 88.1 cm³/mol. The highest BCUT2D eigenvalue weighted by Gasteiger charge is 2.42. The van der Waals surface area contributed by atoms with Crippen molar-refractivity contribution in [2.75, 3.05) is 26.3 Å². The molecule has 2 aromatic rings. The van der Waals surface area contributed by atoms with Gasteiger partial charge >= 0.3 is 0 Å². The molecule has 1 amide bonds. The van der Waals surface area contributed by atoms with Gasteiger partial charge in [0.05, 0.1) is 17.5 Å². The molecule has 1 aromatic heterocycles. The van der Waals surface area contributed by atoms with E-state index >= 15 is 0 Å². The molecule has 4 rings (SSSR count). The summed E-state index contributed by atoms with van der Waals surface area (Å²) in [5, 5.41) is 0.497. The van der Waals surface area contributed by atoms with E-state index < -0.39 is 0 Å². The van der Waals surface area contributed by atoms with Crippen LogP contribution in [0.25, 0.3) is 10.9 Å². The number of nitrogens with zero attached hydrogens (tertiary/aromatic N) is 1. The number of aromatic amines is 2. The monoisotopic (exact) mass is 331 g/mol. The molecule has 1 atom stereocenters. The number of likely N-dealkylation sites (tertiary alicyclic amines) is 1. The van der Waals surface area contributed by atoms with Gasteiger partial charge < -0.3 is 14.6 Å². The number of hydrogen-bond donors (Lipinski definition) is 2. The van der Waals surface area contributed by atoms with Gasteiger partial charge in [0.15, 0.2) is 4.77 Å². The summed E-state index contributed by atoms with van der Waals surface area (Å²) in [6.07, 6.45) is 2.02. The lowest BCUT2D eigenvalue weighted by molar-refractivity contribution is 0.0766. The maximum Gasteiger partial charge on any atom is 0.259 e. The molecule has 2 fully saturated rings. The van der Waals surface area contributed by atoms with E-state index in [4.69, 9.17) is 17.0 Å². The van der Waals surface area contributed by atoms with Crippen LogP contribution < -0.4 is 5.56 Å². The Kier molecular flexibility index (Phi) is 3.35. The number of benzene rings is 1. The third kappa shape index (κ3) is 2.49. The molecule has 1 aromatic carbocycles. The van der Waals surface area contributed by atoms with Crippen LogP contribution in [0.2, 0.25) is 0 Å². The van der Waals surface area contributed by atoms with E-state index in [-0.39, 0.29) is 21.7 Å². The molecule has 1 unspecified atom stereocenters. The number of carbonyl (C=O) groups excluding carboxylic acids is 1. The van der Waals surface area contributed by atoms with Gasteiger partial charge in [0, 0.05) is 30.7 Å². The molecule has 7 heteroatoms. The Labute approximate surface area is 137 Å². The molecule has 0 saturated carbocycles. The van der Waals surface area contributed by atoms with Gasteiger partial charge in [-0.1, -0.05) is 0 Å². The van der Waals surface area contributed by atoms with Crippen molar-refractivity contribution in [1.82, 2.24) is 14.9 Å². The number of fused-ring (bicyclic) bond motifs is 1. The highest BCUT2D eigenvalue weighted by atomic mass is 32.1. The first-order valence-corrected chi connectivity index (χ1v) is 8.11. The second kappa shape index (κ2) is 5.28. The van der Waals surface area contributed by atoms with Crippen molar-refractivity contribution < 1.29 is 9.53 Å². The number of rotatable bonds is 1. The summed E-state index contributed by atoms with van der Waals surface area (Å²) < 4.78 is 5.77. The lowest BCUT2D eigenvalue weighted by Crippen LogP contribution is -2.32. The first-order valence-electron chi connectivity index (χ1n) is 7.70. The minimum Gasteiger partial charge on any atom is -0.381 e. The van der Waals surface area contributed by atoms with Crippen LogP contribution in [0.5, 0.6) is 0 Å². The van der Waals surface area contributed by atoms with Crippen LogP contribution in [0.3, 0.4) is 0 Å². The fourth-order valence-corrected chi connectivity index (χ4v) is 3.77. The lowest BCUT2D eigenvalue weighted by Gasteiger charge is -2.22. The van der Waals surface area contributed by atoms with Crippen LogP contribution >= 0.6 is 12.2 Å². The van der Waals surface area contributed by atoms with Crippen molar-refractivity contribution in [2.24, 2.45) is 5.41 Å². The molecule has 0 aliphatic carbocycles. The molecule has 120 valence electrons. The van der Waals surface area contributed by atoms with Crippen molar-refractivity contribution in [3.05, 3.63) is 38.9 Å². The molecule has 2 aliphatic rings. The third-order valence-corrected chi connectivity index (χ3v) is 5.10. The highest BCUT2D eigenvalue weighted by molar-refractivity contribution is 7.71. The molecule has 2 N–H and O–H groups in total. The van der Waals surface area contributed by atoms with Crippen molar-refractivity contribution in [2.45, 2.75) is 12.8 Å². The van der Waals surface area contributed by atoms with E-state index in [1.165, 1.54) is 0 Å². The zero-order valence-corrected chi connectivity index (χ0v) is 13.4. The number of H-pyrrole nitrogens is 2. The van der Waals surface area contributed by atoms with Crippen molar-refractivity contribution in [1.29, 1.82) is 0 Å². The number of nitrogens with one attached hydrogen (secondary N) is 2. The maximum atomic E-state index is 12.8. The van der Waals surface area contributed by atoms with Gasteiger partial charge in [0.2, 0.25) is 0 Å². The Hall–Kier alpha value is -1.99. The van der Waals surface area contributed by atoms with E-state index in [0.717, 1.165) is 39.1 Å². The van der Waals surface area contributed by atoms with Crippen LogP contribution in [0.4, 0.5) is 0 Å². The van der Waals surface area contributed by atoms with Gasteiger partial charge in [-0.2, -0.15) is 0 Å². The molecule has 0 radical (unpaired) electrons. The molecular formula is C16H17N3O3S. The highest BCUT2D eigenvalue weighted by Crippen LogP contribution is 2.38. The second-order valence-electron chi connectivity index (χ2n) is 6.45. The molecular weight excluding hydrogens is 314 g/mol. The molecule has 1 spiro atoms. The Morgan fingerprint density at radius 2 is 2.17 bits per heavy atom. The summed E-state index contributed by atoms with van der Waals surface area (Å²) in [6.45, 7) is 3.04. The third-order valence-electron chi connectivity index (χ3n) is 4.90. The van der Waals surface area contributed by atoms with Crippen molar-refractivity contribution >= 4 is 29.0 Å². The van der Waals surface area contributed by atoms with E-state index in [9.17, 15) is 9.59 Å². The normalized spacial score (nSPS) is 23.9. The predicted octanol–water partition coefficient (Wildman–Crippen LogP) is 1.84.